The fraction of sp³-hybridized carbons (Fsp3) is 0.333. The van der Waals surface area contributed by atoms with Crippen LogP contribution in [0.15, 0.2) is 31.3 Å². The number of hydrogen-bond acceptors (Lipinski definition) is 7. The first-order valence-electron chi connectivity index (χ1n) is 8.82. The minimum Gasteiger partial charge on any atom is -0.503 e. The van der Waals surface area contributed by atoms with Crippen molar-refractivity contribution in [1.82, 2.24) is 18.7 Å². The average molecular weight is 465 g/mol. The summed E-state index contributed by atoms with van der Waals surface area (Å²) in [5.74, 6) is 0.651. The largest absolute Gasteiger partial charge is 0.503 e. The van der Waals surface area contributed by atoms with E-state index in [1.165, 1.54) is 24.9 Å². The molecule has 0 saturated heterocycles. The molecule has 0 aliphatic carbocycles. The lowest BCUT2D eigenvalue weighted by molar-refractivity contribution is 0.372. The summed E-state index contributed by atoms with van der Waals surface area (Å²) >= 11 is 3.26. The minimum atomic E-state index is -0.445. The third-order valence-corrected chi connectivity index (χ3v) is 5.05. The van der Waals surface area contributed by atoms with E-state index in [9.17, 15) is 14.7 Å². The van der Waals surface area contributed by atoms with Crippen molar-refractivity contribution < 1.29 is 9.84 Å². The van der Waals surface area contributed by atoms with Crippen LogP contribution in [0.2, 0.25) is 0 Å². The molecule has 0 aliphatic heterocycles. The number of imidazole rings is 1. The Bertz CT molecular complexity index is 1220. The number of aromatic nitrogens is 4. The van der Waals surface area contributed by atoms with Gasteiger partial charge in [-0.2, -0.15) is 10.1 Å². The quantitative estimate of drug-likeness (QED) is 0.424. The minimum absolute atomic E-state index is 0.000824. The van der Waals surface area contributed by atoms with Crippen LogP contribution in [0.3, 0.4) is 0 Å². The summed E-state index contributed by atoms with van der Waals surface area (Å²) in [5.41, 5.74) is 3.28. The summed E-state index contributed by atoms with van der Waals surface area (Å²) in [6, 6.07) is 3.30. The van der Waals surface area contributed by atoms with Gasteiger partial charge in [-0.25, -0.2) is 10.2 Å². The molecule has 2 aromatic heterocycles. The smallest absolute Gasteiger partial charge is 0.332 e. The summed E-state index contributed by atoms with van der Waals surface area (Å²) in [4.78, 5) is 29.2. The number of methoxy groups -OCH3 is 1. The summed E-state index contributed by atoms with van der Waals surface area (Å²) in [6.45, 7) is 2.51. The Labute approximate surface area is 174 Å². The molecular weight excluding hydrogens is 444 g/mol. The van der Waals surface area contributed by atoms with E-state index in [-0.39, 0.29) is 5.75 Å². The van der Waals surface area contributed by atoms with Gasteiger partial charge in [0.1, 0.15) is 0 Å². The Balaban J connectivity index is 2.04. The Hall–Kier alpha value is -3.08. The topological polar surface area (TPSA) is 116 Å². The van der Waals surface area contributed by atoms with Crippen LogP contribution in [-0.4, -0.2) is 37.1 Å². The third-order valence-electron chi connectivity index (χ3n) is 4.44. The molecule has 1 aromatic carbocycles. The number of aromatic hydroxyl groups is 1. The van der Waals surface area contributed by atoms with E-state index in [1.54, 1.807) is 23.7 Å². The Kier molecular flexibility index (Phi) is 5.78. The third kappa shape index (κ3) is 3.65. The first-order chi connectivity index (χ1) is 13.8. The van der Waals surface area contributed by atoms with Crippen molar-refractivity contribution in [3.63, 3.8) is 0 Å². The molecule has 3 aromatic rings. The van der Waals surface area contributed by atoms with Gasteiger partial charge >= 0.3 is 5.69 Å². The molecule has 11 heteroatoms. The van der Waals surface area contributed by atoms with Gasteiger partial charge in [0.2, 0.25) is 5.95 Å². The van der Waals surface area contributed by atoms with Crippen LogP contribution in [-0.2, 0) is 20.6 Å². The van der Waals surface area contributed by atoms with Gasteiger partial charge in [0.15, 0.2) is 22.7 Å². The maximum absolute atomic E-state index is 12.6. The molecular formula is C18H21BrN6O4. The molecule has 10 nitrogen and oxygen atoms in total. The van der Waals surface area contributed by atoms with Crippen molar-refractivity contribution in [2.75, 3.05) is 12.5 Å². The molecule has 0 radical (unpaired) electrons. The number of benzene rings is 1. The van der Waals surface area contributed by atoms with Crippen LogP contribution in [0.5, 0.6) is 11.5 Å². The standard InChI is InChI=1S/C18H21BrN6O4/c1-5-6-25-13-15(23(2)18(28)24(3)16(13)27)21-17(25)22-20-9-10-7-11(19)14(26)12(8-10)29-4/h7-9,26H,5-6H2,1-4H3,(H,21,22). The summed E-state index contributed by atoms with van der Waals surface area (Å²) in [5, 5.41) is 14.1. The van der Waals surface area contributed by atoms with Gasteiger partial charge in [-0.1, -0.05) is 6.92 Å². The average Bonchev–Trinajstić information content (AvgIpc) is 3.06. The van der Waals surface area contributed by atoms with E-state index in [4.69, 9.17) is 4.74 Å². The maximum Gasteiger partial charge on any atom is 0.332 e. The molecule has 0 fully saturated rings. The lowest BCUT2D eigenvalue weighted by Gasteiger charge is -2.08. The number of anilines is 1. The monoisotopic (exact) mass is 464 g/mol. The number of hydrogen-bond donors (Lipinski definition) is 2. The number of rotatable bonds is 6. The predicted octanol–water partition coefficient (Wildman–Crippen LogP) is 1.77. The van der Waals surface area contributed by atoms with Crippen molar-refractivity contribution in [3.8, 4) is 11.5 Å². The lowest BCUT2D eigenvalue weighted by Crippen LogP contribution is -2.37. The van der Waals surface area contributed by atoms with Gasteiger partial charge in [-0.05, 0) is 40.0 Å². The van der Waals surface area contributed by atoms with Crippen LogP contribution in [0.4, 0.5) is 5.95 Å². The molecule has 0 bridgehead atoms. The number of phenolic OH excluding ortho intramolecular Hbond substituents is 1. The second-order valence-electron chi connectivity index (χ2n) is 6.39. The van der Waals surface area contributed by atoms with Gasteiger partial charge < -0.3 is 14.4 Å². The van der Waals surface area contributed by atoms with Crippen LogP contribution in [0.25, 0.3) is 11.2 Å². The van der Waals surface area contributed by atoms with E-state index in [1.807, 2.05) is 6.92 Å². The first kappa shape index (κ1) is 20.6. The summed E-state index contributed by atoms with van der Waals surface area (Å²) in [7, 11) is 4.47. The zero-order valence-electron chi connectivity index (χ0n) is 16.4. The number of nitrogens with one attached hydrogen (secondary N) is 1. The van der Waals surface area contributed by atoms with Crippen LogP contribution in [0.1, 0.15) is 18.9 Å². The van der Waals surface area contributed by atoms with Crippen molar-refractivity contribution in [2.45, 2.75) is 19.9 Å². The molecule has 0 aliphatic rings. The highest BCUT2D eigenvalue weighted by Crippen LogP contribution is 2.34. The van der Waals surface area contributed by atoms with E-state index >= 15 is 0 Å². The molecule has 29 heavy (non-hydrogen) atoms. The van der Waals surface area contributed by atoms with E-state index in [0.29, 0.717) is 39.4 Å². The van der Waals surface area contributed by atoms with Crippen molar-refractivity contribution in [1.29, 1.82) is 0 Å². The number of hydrazone groups is 1. The molecule has 2 heterocycles. The van der Waals surface area contributed by atoms with E-state index < -0.39 is 11.2 Å². The van der Waals surface area contributed by atoms with Gasteiger partial charge in [0.25, 0.3) is 5.56 Å². The molecule has 0 atom stereocenters. The van der Waals surface area contributed by atoms with Gasteiger partial charge in [-0.3, -0.25) is 13.9 Å². The second-order valence-corrected chi connectivity index (χ2v) is 7.24. The predicted molar refractivity (Wildman–Crippen MR) is 114 cm³/mol. The zero-order chi connectivity index (χ0) is 21.3. The van der Waals surface area contributed by atoms with Crippen LogP contribution < -0.4 is 21.4 Å². The molecule has 154 valence electrons. The maximum atomic E-state index is 12.6. The molecule has 0 amide bonds. The van der Waals surface area contributed by atoms with Crippen molar-refractivity contribution in [2.24, 2.45) is 19.2 Å². The fourth-order valence-electron chi connectivity index (χ4n) is 2.96. The Morgan fingerprint density at radius 3 is 2.69 bits per heavy atom. The van der Waals surface area contributed by atoms with Gasteiger partial charge in [-0.15, -0.1) is 0 Å². The highest BCUT2D eigenvalue weighted by molar-refractivity contribution is 9.10. The van der Waals surface area contributed by atoms with Crippen molar-refractivity contribution >= 4 is 39.3 Å². The van der Waals surface area contributed by atoms with Crippen LogP contribution in [0, 0.1) is 0 Å². The van der Waals surface area contributed by atoms with E-state index in [0.717, 1.165) is 11.0 Å². The molecule has 2 N–H and O–H groups in total. The fourth-order valence-corrected chi connectivity index (χ4v) is 3.42. The first-order valence-corrected chi connectivity index (χ1v) is 9.61. The van der Waals surface area contributed by atoms with Gasteiger partial charge in [0.05, 0.1) is 17.8 Å². The molecule has 3 rings (SSSR count). The molecule has 0 spiro atoms. The highest BCUT2D eigenvalue weighted by atomic mass is 79.9. The Morgan fingerprint density at radius 2 is 2.03 bits per heavy atom. The zero-order valence-corrected chi connectivity index (χ0v) is 18.0. The SMILES string of the molecule is CCCn1c(NN=Cc2cc(Br)c(O)c(OC)c2)nc2c1c(=O)n(C)c(=O)n2C. The number of halogens is 1. The molecule has 0 saturated carbocycles. The second kappa shape index (κ2) is 8.11. The van der Waals surface area contributed by atoms with Gasteiger partial charge in [0, 0.05) is 20.6 Å². The number of fused-ring (bicyclic) bond motifs is 1. The van der Waals surface area contributed by atoms with Crippen LogP contribution >= 0.6 is 15.9 Å². The number of aryl methyl sites for hydroxylation is 2. The lowest BCUT2D eigenvalue weighted by atomic mass is 10.2. The summed E-state index contributed by atoms with van der Waals surface area (Å²) < 4.78 is 9.69. The van der Waals surface area contributed by atoms with E-state index in [2.05, 4.69) is 31.4 Å². The normalized spacial score (nSPS) is 11.5. The molecule has 0 unspecified atom stereocenters. The Morgan fingerprint density at radius 1 is 1.31 bits per heavy atom. The summed E-state index contributed by atoms with van der Waals surface area (Å²) in [6.07, 6.45) is 2.29. The number of phenols is 1. The number of nitrogens with zero attached hydrogens (tertiary/aromatic N) is 5. The number of ether oxygens (including phenoxy) is 1. The highest BCUT2D eigenvalue weighted by Gasteiger charge is 2.18. The van der Waals surface area contributed by atoms with Crippen molar-refractivity contribution in [3.05, 3.63) is 43.0 Å².